The second kappa shape index (κ2) is 7.41. The molecule has 0 saturated carbocycles. The van der Waals surface area contributed by atoms with Crippen LogP contribution in [0.25, 0.3) is 0 Å². The van der Waals surface area contributed by atoms with Gasteiger partial charge in [-0.3, -0.25) is 10.1 Å². The summed E-state index contributed by atoms with van der Waals surface area (Å²) >= 11 is 0. The van der Waals surface area contributed by atoms with Crippen molar-refractivity contribution in [1.82, 2.24) is 4.98 Å². The SMILES string of the molecule is NNc1ccc([N+](=O)[O-])c(NCCCCCO)n1. The summed E-state index contributed by atoms with van der Waals surface area (Å²) in [7, 11) is 0. The molecule has 1 aromatic rings. The van der Waals surface area contributed by atoms with Crippen molar-refractivity contribution in [1.29, 1.82) is 0 Å². The van der Waals surface area contributed by atoms with Crippen LogP contribution in [-0.4, -0.2) is 28.2 Å². The second-order valence-electron chi connectivity index (χ2n) is 3.68. The van der Waals surface area contributed by atoms with Crippen molar-refractivity contribution in [3.8, 4) is 0 Å². The van der Waals surface area contributed by atoms with Gasteiger partial charge in [-0.2, -0.15) is 0 Å². The number of hydrazine groups is 1. The van der Waals surface area contributed by atoms with Gasteiger partial charge in [0.05, 0.1) is 4.92 Å². The topological polar surface area (TPSA) is 126 Å². The molecule has 1 heterocycles. The molecule has 1 aromatic heterocycles. The minimum atomic E-state index is -0.497. The minimum Gasteiger partial charge on any atom is -0.396 e. The van der Waals surface area contributed by atoms with Crippen molar-refractivity contribution in [3.05, 3.63) is 22.2 Å². The molecule has 5 N–H and O–H groups in total. The highest BCUT2D eigenvalue weighted by atomic mass is 16.6. The third kappa shape index (κ3) is 4.15. The molecule has 1 rings (SSSR count). The van der Waals surface area contributed by atoms with Crippen LogP contribution in [0.5, 0.6) is 0 Å². The summed E-state index contributed by atoms with van der Waals surface area (Å²) in [6.07, 6.45) is 2.38. The molecular weight excluding hydrogens is 238 g/mol. The Morgan fingerprint density at radius 2 is 2.17 bits per heavy atom. The van der Waals surface area contributed by atoms with E-state index < -0.39 is 4.92 Å². The van der Waals surface area contributed by atoms with Crippen LogP contribution in [0, 0.1) is 10.1 Å². The van der Waals surface area contributed by atoms with Crippen LogP contribution in [0.3, 0.4) is 0 Å². The fraction of sp³-hybridized carbons (Fsp3) is 0.500. The van der Waals surface area contributed by atoms with Crippen LogP contribution in [-0.2, 0) is 0 Å². The van der Waals surface area contributed by atoms with Gasteiger partial charge in [0.25, 0.3) is 0 Å². The molecule has 0 bridgehead atoms. The molecule has 0 fully saturated rings. The average Bonchev–Trinajstić information content (AvgIpc) is 2.38. The molecule has 0 unspecified atom stereocenters. The lowest BCUT2D eigenvalue weighted by atomic mass is 10.2. The number of aromatic nitrogens is 1. The number of pyridine rings is 1. The van der Waals surface area contributed by atoms with Crippen LogP contribution < -0.4 is 16.6 Å². The second-order valence-corrected chi connectivity index (χ2v) is 3.68. The zero-order chi connectivity index (χ0) is 13.4. The van der Waals surface area contributed by atoms with Crippen molar-refractivity contribution in [2.45, 2.75) is 19.3 Å². The molecule has 0 saturated heterocycles. The predicted octanol–water partition coefficient (Wildman–Crippen LogP) is 0.850. The van der Waals surface area contributed by atoms with E-state index in [9.17, 15) is 10.1 Å². The van der Waals surface area contributed by atoms with E-state index in [4.69, 9.17) is 10.9 Å². The zero-order valence-electron chi connectivity index (χ0n) is 9.93. The number of unbranched alkanes of at least 4 members (excludes halogenated alkanes) is 2. The van der Waals surface area contributed by atoms with E-state index in [2.05, 4.69) is 15.7 Å². The summed E-state index contributed by atoms with van der Waals surface area (Å²) < 4.78 is 0. The largest absolute Gasteiger partial charge is 0.396 e. The number of aliphatic hydroxyl groups is 1. The number of hydrogen-bond donors (Lipinski definition) is 4. The highest BCUT2D eigenvalue weighted by molar-refractivity contribution is 5.59. The number of nitrogens with one attached hydrogen (secondary N) is 2. The van der Waals surface area contributed by atoms with Crippen molar-refractivity contribution in [2.24, 2.45) is 5.84 Å². The lowest BCUT2D eigenvalue weighted by Gasteiger charge is -2.07. The van der Waals surface area contributed by atoms with Gasteiger partial charge >= 0.3 is 5.69 Å². The fourth-order valence-corrected chi connectivity index (χ4v) is 1.43. The summed E-state index contributed by atoms with van der Waals surface area (Å²) in [5, 5.41) is 22.3. The monoisotopic (exact) mass is 255 g/mol. The van der Waals surface area contributed by atoms with Crippen LogP contribution >= 0.6 is 0 Å². The predicted molar refractivity (Wildman–Crippen MR) is 68.1 cm³/mol. The van der Waals surface area contributed by atoms with Gasteiger partial charge in [-0.25, -0.2) is 10.8 Å². The van der Waals surface area contributed by atoms with E-state index in [-0.39, 0.29) is 18.1 Å². The van der Waals surface area contributed by atoms with Gasteiger partial charge in [0, 0.05) is 19.2 Å². The van der Waals surface area contributed by atoms with Gasteiger partial charge in [0.1, 0.15) is 5.82 Å². The molecule has 8 nitrogen and oxygen atoms in total. The molecule has 100 valence electrons. The van der Waals surface area contributed by atoms with Crippen molar-refractivity contribution in [3.63, 3.8) is 0 Å². The summed E-state index contributed by atoms with van der Waals surface area (Å²) in [5.41, 5.74) is 2.25. The molecule has 0 amide bonds. The Hall–Kier alpha value is -1.93. The first-order valence-electron chi connectivity index (χ1n) is 5.66. The number of nitrogens with two attached hydrogens (primary N) is 1. The van der Waals surface area contributed by atoms with E-state index in [0.717, 1.165) is 19.3 Å². The molecule has 0 aromatic carbocycles. The van der Waals surface area contributed by atoms with E-state index >= 15 is 0 Å². The molecule has 0 aliphatic heterocycles. The Bertz CT molecular complexity index is 399. The molecule has 0 aliphatic carbocycles. The lowest BCUT2D eigenvalue weighted by Crippen LogP contribution is -2.12. The maximum atomic E-state index is 10.8. The Kier molecular flexibility index (Phi) is 5.81. The van der Waals surface area contributed by atoms with Crippen molar-refractivity contribution < 1.29 is 10.0 Å². The maximum absolute atomic E-state index is 10.8. The molecule has 8 heteroatoms. The molecule has 0 spiro atoms. The lowest BCUT2D eigenvalue weighted by molar-refractivity contribution is -0.384. The minimum absolute atomic E-state index is 0.0869. The zero-order valence-corrected chi connectivity index (χ0v) is 9.93. The van der Waals surface area contributed by atoms with Gasteiger partial charge < -0.3 is 15.8 Å². The van der Waals surface area contributed by atoms with Gasteiger partial charge in [-0.05, 0) is 25.3 Å². The summed E-state index contributed by atoms with van der Waals surface area (Å²) in [6, 6.07) is 2.79. The van der Waals surface area contributed by atoms with Crippen LogP contribution in [0.4, 0.5) is 17.3 Å². The van der Waals surface area contributed by atoms with Crippen LogP contribution in [0.1, 0.15) is 19.3 Å². The van der Waals surface area contributed by atoms with Crippen LogP contribution in [0.15, 0.2) is 12.1 Å². The first kappa shape index (κ1) is 14.1. The molecule has 0 atom stereocenters. The van der Waals surface area contributed by atoms with E-state index in [0.29, 0.717) is 12.4 Å². The van der Waals surface area contributed by atoms with Gasteiger partial charge in [0.2, 0.25) is 5.82 Å². The number of hydrogen-bond acceptors (Lipinski definition) is 7. The molecule has 0 aliphatic rings. The average molecular weight is 255 g/mol. The third-order valence-electron chi connectivity index (χ3n) is 2.35. The van der Waals surface area contributed by atoms with Crippen molar-refractivity contribution in [2.75, 3.05) is 23.9 Å². The van der Waals surface area contributed by atoms with E-state index in [1.54, 1.807) is 0 Å². The maximum Gasteiger partial charge on any atom is 0.311 e. The smallest absolute Gasteiger partial charge is 0.311 e. The van der Waals surface area contributed by atoms with Gasteiger partial charge in [-0.1, -0.05) is 0 Å². The van der Waals surface area contributed by atoms with Crippen molar-refractivity contribution >= 4 is 17.3 Å². The fourth-order valence-electron chi connectivity index (χ4n) is 1.43. The molecule has 18 heavy (non-hydrogen) atoms. The summed E-state index contributed by atoms with van der Waals surface area (Å²) in [6.45, 7) is 0.715. The number of nitrogen functional groups attached to an aromatic ring is 1. The highest BCUT2D eigenvalue weighted by Gasteiger charge is 2.15. The summed E-state index contributed by atoms with van der Waals surface area (Å²) in [4.78, 5) is 14.3. The molecule has 0 radical (unpaired) electrons. The first-order chi connectivity index (χ1) is 8.69. The molecular formula is C10H17N5O3. The Balaban J connectivity index is 2.63. The third-order valence-corrected chi connectivity index (χ3v) is 2.35. The quantitative estimate of drug-likeness (QED) is 0.235. The van der Waals surface area contributed by atoms with Gasteiger partial charge in [0.15, 0.2) is 0 Å². The Labute approximate surface area is 104 Å². The van der Waals surface area contributed by atoms with Gasteiger partial charge in [-0.15, -0.1) is 0 Å². The number of nitro groups is 1. The number of rotatable bonds is 8. The number of anilines is 2. The Morgan fingerprint density at radius 1 is 1.39 bits per heavy atom. The highest BCUT2D eigenvalue weighted by Crippen LogP contribution is 2.23. The van der Waals surface area contributed by atoms with Crippen LogP contribution in [0.2, 0.25) is 0 Å². The Morgan fingerprint density at radius 3 is 2.78 bits per heavy atom. The summed E-state index contributed by atoms with van der Waals surface area (Å²) in [5.74, 6) is 5.75. The van der Waals surface area contributed by atoms with E-state index in [1.807, 2.05) is 0 Å². The number of aliphatic hydroxyl groups excluding tert-OH is 1. The van der Waals surface area contributed by atoms with E-state index in [1.165, 1.54) is 12.1 Å². The first-order valence-corrected chi connectivity index (χ1v) is 5.66. The standard InChI is InChI=1S/C10H17N5O3/c11-14-9-5-4-8(15(17)18)10(13-9)12-6-2-1-3-7-16/h4-5,16H,1-3,6-7,11H2,(H2,12,13,14). The normalized spacial score (nSPS) is 10.1. The number of nitrogens with zero attached hydrogens (tertiary/aromatic N) is 2.